The van der Waals surface area contributed by atoms with Gasteiger partial charge in [0.2, 0.25) is 5.91 Å². The number of rotatable bonds is 4. The zero-order valence-electron chi connectivity index (χ0n) is 8.65. The number of aromatic carboxylic acids is 1. The van der Waals surface area contributed by atoms with E-state index in [4.69, 9.17) is 5.11 Å². The Morgan fingerprint density at radius 3 is 2.80 bits per heavy atom. The second kappa shape index (κ2) is 4.59. The highest BCUT2D eigenvalue weighted by molar-refractivity contribution is 5.86. The number of imidazole rings is 1. The van der Waals surface area contributed by atoms with Crippen LogP contribution in [0.15, 0.2) is 6.20 Å². The Hall–Kier alpha value is -1.85. The largest absolute Gasteiger partial charge is 0.477 e. The Morgan fingerprint density at radius 1 is 1.60 bits per heavy atom. The number of carboxylic acids is 1. The maximum Gasteiger partial charge on any atom is 0.354 e. The molecule has 0 aliphatic carbocycles. The molecule has 0 spiro atoms. The number of aryl methyl sites for hydroxylation is 1. The van der Waals surface area contributed by atoms with E-state index < -0.39 is 5.97 Å². The SMILES string of the molecule is CCNC(=O)Cn1c(C(=O)O)cnc1C. The van der Waals surface area contributed by atoms with Gasteiger partial charge in [-0.05, 0) is 13.8 Å². The molecule has 0 aliphatic rings. The molecule has 0 aliphatic heterocycles. The predicted octanol–water partition coefficient (Wildman–Crippen LogP) is 0.0258. The third-order valence-corrected chi connectivity index (χ3v) is 1.95. The Morgan fingerprint density at radius 2 is 2.27 bits per heavy atom. The van der Waals surface area contributed by atoms with Gasteiger partial charge in [0.25, 0.3) is 0 Å². The van der Waals surface area contributed by atoms with Crippen LogP contribution < -0.4 is 5.32 Å². The summed E-state index contributed by atoms with van der Waals surface area (Å²) >= 11 is 0. The van der Waals surface area contributed by atoms with Gasteiger partial charge in [-0.3, -0.25) is 4.79 Å². The van der Waals surface area contributed by atoms with Crippen LogP contribution in [0, 0.1) is 6.92 Å². The van der Waals surface area contributed by atoms with Crippen LogP contribution in [-0.2, 0) is 11.3 Å². The minimum atomic E-state index is -1.08. The highest BCUT2D eigenvalue weighted by Crippen LogP contribution is 2.04. The first-order chi connectivity index (χ1) is 7.06. The maximum atomic E-state index is 11.3. The summed E-state index contributed by atoms with van der Waals surface area (Å²) in [6.45, 7) is 3.97. The van der Waals surface area contributed by atoms with E-state index in [1.54, 1.807) is 13.8 Å². The van der Waals surface area contributed by atoms with Crippen molar-refractivity contribution in [2.45, 2.75) is 20.4 Å². The lowest BCUT2D eigenvalue weighted by atomic mass is 10.4. The number of nitrogens with zero attached hydrogens (tertiary/aromatic N) is 2. The summed E-state index contributed by atoms with van der Waals surface area (Å²) in [6.07, 6.45) is 1.25. The average molecular weight is 211 g/mol. The van der Waals surface area contributed by atoms with Crippen molar-refractivity contribution in [1.29, 1.82) is 0 Å². The fourth-order valence-electron chi connectivity index (χ4n) is 1.24. The lowest BCUT2D eigenvalue weighted by Crippen LogP contribution is -2.28. The molecule has 0 saturated carbocycles. The Labute approximate surface area is 86.9 Å². The quantitative estimate of drug-likeness (QED) is 0.735. The molecule has 6 heteroatoms. The molecule has 82 valence electrons. The zero-order valence-corrected chi connectivity index (χ0v) is 8.65. The van der Waals surface area contributed by atoms with Crippen LogP contribution in [0.1, 0.15) is 23.2 Å². The summed E-state index contributed by atoms with van der Waals surface area (Å²) in [5.74, 6) is -0.792. The van der Waals surface area contributed by atoms with Crippen molar-refractivity contribution in [2.75, 3.05) is 6.54 Å². The highest BCUT2D eigenvalue weighted by Gasteiger charge is 2.15. The van der Waals surface area contributed by atoms with Gasteiger partial charge in [0.15, 0.2) is 0 Å². The molecule has 1 aromatic rings. The minimum Gasteiger partial charge on any atom is -0.477 e. The number of carboxylic acid groups (broad SMARTS) is 1. The lowest BCUT2D eigenvalue weighted by Gasteiger charge is -2.07. The van der Waals surface area contributed by atoms with Crippen LogP contribution in [0.4, 0.5) is 0 Å². The first kappa shape index (κ1) is 11.2. The standard InChI is InChI=1S/C9H13N3O3/c1-3-10-8(13)5-12-6(2)11-4-7(12)9(14)15/h4H,3,5H2,1-2H3,(H,10,13)(H,14,15). The number of carbonyl (C=O) groups excluding carboxylic acids is 1. The van der Waals surface area contributed by atoms with E-state index in [0.717, 1.165) is 0 Å². The van der Waals surface area contributed by atoms with E-state index in [2.05, 4.69) is 10.3 Å². The zero-order chi connectivity index (χ0) is 11.4. The lowest BCUT2D eigenvalue weighted by molar-refractivity contribution is -0.121. The van der Waals surface area contributed by atoms with E-state index in [9.17, 15) is 9.59 Å². The molecule has 1 heterocycles. The van der Waals surface area contributed by atoms with Gasteiger partial charge in [-0.15, -0.1) is 0 Å². The van der Waals surface area contributed by atoms with E-state index in [1.165, 1.54) is 10.8 Å². The van der Waals surface area contributed by atoms with Gasteiger partial charge in [0.1, 0.15) is 18.1 Å². The third-order valence-electron chi connectivity index (χ3n) is 1.95. The molecule has 1 amide bonds. The predicted molar refractivity (Wildman–Crippen MR) is 52.6 cm³/mol. The fraction of sp³-hybridized carbons (Fsp3) is 0.444. The van der Waals surface area contributed by atoms with Crippen LogP contribution in [0.5, 0.6) is 0 Å². The topological polar surface area (TPSA) is 84.2 Å². The number of hydrogen-bond acceptors (Lipinski definition) is 3. The van der Waals surface area contributed by atoms with Crippen molar-refractivity contribution >= 4 is 11.9 Å². The average Bonchev–Trinajstić information content (AvgIpc) is 2.48. The van der Waals surface area contributed by atoms with E-state index in [0.29, 0.717) is 12.4 Å². The molecule has 15 heavy (non-hydrogen) atoms. The first-order valence-corrected chi connectivity index (χ1v) is 4.58. The Bertz CT molecular complexity index is 384. The fourth-order valence-corrected chi connectivity index (χ4v) is 1.24. The highest BCUT2D eigenvalue weighted by atomic mass is 16.4. The molecule has 6 nitrogen and oxygen atoms in total. The summed E-state index contributed by atoms with van der Waals surface area (Å²) in [7, 11) is 0. The van der Waals surface area contributed by atoms with Crippen molar-refractivity contribution in [2.24, 2.45) is 0 Å². The van der Waals surface area contributed by atoms with Gasteiger partial charge in [0.05, 0.1) is 6.20 Å². The maximum absolute atomic E-state index is 11.3. The minimum absolute atomic E-state index is 0.0126. The monoisotopic (exact) mass is 211 g/mol. The molecule has 0 bridgehead atoms. The van der Waals surface area contributed by atoms with Gasteiger partial charge in [-0.1, -0.05) is 0 Å². The summed E-state index contributed by atoms with van der Waals surface area (Å²) in [5, 5.41) is 11.4. The van der Waals surface area contributed by atoms with Crippen LogP contribution in [0.3, 0.4) is 0 Å². The van der Waals surface area contributed by atoms with Gasteiger partial charge < -0.3 is 15.0 Å². The first-order valence-electron chi connectivity index (χ1n) is 4.58. The van der Waals surface area contributed by atoms with Crippen LogP contribution in [0.2, 0.25) is 0 Å². The molecule has 0 saturated heterocycles. The second-order valence-corrected chi connectivity index (χ2v) is 3.04. The molecule has 1 aromatic heterocycles. The van der Waals surface area contributed by atoms with Gasteiger partial charge in [0, 0.05) is 6.54 Å². The van der Waals surface area contributed by atoms with Crippen molar-refractivity contribution in [1.82, 2.24) is 14.9 Å². The van der Waals surface area contributed by atoms with E-state index in [-0.39, 0.29) is 18.1 Å². The molecular formula is C9H13N3O3. The number of hydrogen-bond donors (Lipinski definition) is 2. The summed E-state index contributed by atoms with van der Waals surface area (Å²) in [6, 6.07) is 0. The molecule has 0 aromatic carbocycles. The number of amides is 1. The van der Waals surface area contributed by atoms with Crippen molar-refractivity contribution < 1.29 is 14.7 Å². The molecule has 2 N–H and O–H groups in total. The molecule has 0 radical (unpaired) electrons. The normalized spacial score (nSPS) is 10.0. The summed E-state index contributed by atoms with van der Waals surface area (Å²) in [4.78, 5) is 25.9. The van der Waals surface area contributed by atoms with Crippen LogP contribution >= 0.6 is 0 Å². The second-order valence-electron chi connectivity index (χ2n) is 3.04. The van der Waals surface area contributed by atoms with Gasteiger partial charge in [-0.25, -0.2) is 9.78 Å². The molecule has 1 rings (SSSR count). The number of carbonyl (C=O) groups is 2. The third kappa shape index (κ3) is 2.55. The number of likely N-dealkylation sites (N-methyl/N-ethyl adjacent to an activating group) is 1. The molecule has 0 fully saturated rings. The molecule has 0 atom stereocenters. The Kier molecular flexibility index (Phi) is 3.43. The van der Waals surface area contributed by atoms with Gasteiger partial charge >= 0.3 is 5.97 Å². The van der Waals surface area contributed by atoms with Crippen molar-refractivity contribution in [3.05, 3.63) is 17.7 Å². The van der Waals surface area contributed by atoms with E-state index >= 15 is 0 Å². The smallest absolute Gasteiger partial charge is 0.354 e. The summed E-state index contributed by atoms with van der Waals surface area (Å²) < 4.78 is 1.37. The number of nitrogens with one attached hydrogen (secondary N) is 1. The molecule has 0 unspecified atom stereocenters. The van der Waals surface area contributed by atoms with Gasteiger partial charge in [-0.2, -0.15) is 0 Å². The van der Waals surface area contributed by atoms with Crippen LogP contribution in [0.25, 0.3) is 0 Å². The Balaban J connectivity index is 2.88. The molecular weight excluding hydrogens is 198 g/mol. The van der Waals surface area contributed by atoms with E-state index in [1.807, 2.05) is 0 Å². The van der Waals surface area contributed by atoms with Crippen molar-refractivity contribution in [3.8, 4) is 0 Å². The number of aromatic nitrogens is 2. The van der Waals surface area contributed by atoms with Crippen LogP contribution in [-0.4, -0.2) is 33.1 Å². The summed E-state index contributed by atoms with van der Waals surface area (Å²) in [5.41, 5.74) is 0.0266. The van der Waals surface area contributed by atoms with Crippen molar-refractivity contribution in [3.63, 3.8) is 0 Å².